The van der Waals surface area contributed by atoms with Crippen molar-refractivity contribution in [3.05, 3.63) is 40.1 Å². The zero-order chi connectivity index (χ0) is 16.6. The van der Waals surface area contributed by atoms with Crippen molar-refractivity contribution in [2.75, 3.05) is 18.0 Å². The first-order valence-electron chi connectivity index (χ1n) is 7.56. The van der Waals surface area contributed by atoms with Crippen LogP contribution in [0.2, 0.25) is 0 Å². The van der Waals surface area contributed by atoms with Crippen LogP contribution in [0, 0.1) is 23.0 Å². The normalized spacial score (nSPS) is 15.8. The van der Waals surface area contributed by atoms with Gasteiger partial charge in [-0.2, -0.15) is 0 Å². The molecule has 7 heteroatoms. The van der Waals surface area contributed by atoms with Crippen molar-refractivity contribution >= 4 is 28.2 Å². The Balaban J connectivity index is 2.03. The van der Waals surface area contributed by atoms with Gasteiger partial charge in [-0.05, 0) is 25.8 Å². The van der Waals surface area contributed by atoms with Gasteiger partial charge in [0.2, 0.25) is 5.91 Å². The van der Waals surface area contributed by atoms with Gasteiger partial charge in [0.1, 0.15) is 0 Å². The molecule has 1 fully saturated rings. The summed E-state index contributed by atoms with van der Waals surface area (Å²) >= 11 is 0. The Hall–Kier alpha value is -2.70. The lowest BCUT2D eigenvalue weighted by Gasteiger charge is -2.33. The van der Waals surface area contributed by atoms with Crippen LogP contribution in [0.5, 0.6) is 0 Å². The molecule has 2 N–H and O–H groups in total. The minimum absolute atomic E-state index is 0.0134. The van der Waals surface area contributed by atoms with E-state index in [1.165, 1.54) is 6.07 Å². The maximum Gasteiger partial charge on any atom is 0.295 e. The van der Waals surface area contributed by atoms with Crippen molar-refractivity contribution < 1.29 is 9.72 Å². The molecule has 0 spiro atoms. The summed E-state index contributed by atoms with van der Waals surface area (Å²) in [6.45, 7) is 3.24. The topological polar surface area (TPSA) is 102 Å². The fourth-order valence-corrected chi connectivity index (χ4v) is 3.15. The Morgan fingerprint density at radius 3 is 2.70 bits per heavy atom. The number of non-ortho nitro benzene ring substituents is 1. The van der Waals surface area contributed by atoms with Crippen LogP contribution in [0.4, 0.5) is 11.4 Å². The summed E-state index contributed by atoms with van der Waals surface area (Å²) in [6.07, 6.45) is 1.40. The Kier molecular flexibility index (Phi) is 3.85. The number of anilines is 1. The van der Waals surface area contributed by atoms with Gasteiger partial charge in [0, 0.05) is 41.8 Å². The number of hydrogen-bond donors (Lipinski definition) is 1. The molecule has 2 heterocycles. The van der Waals surface area contributed by atoms with Crippen molar-refractivity contribution in [2.24, 2.45) is 11.7 Å². The molecule has 1 aromatic carbocycles. The first-order chi connectivity index (χ1) is 11.0. The van der Waals surface area contributed by atoms with Gasteiger partial charge in [-0.1, -0.05) is 12.1 Å². The number of aromatic nitrogens is 1. The van der Waals surface area contributed by atoms with Gasteiger partial charge in [-0.3, -0.25) is 14.9 Å². The molecule has 120 valence electrons. The minimum atomic E-state index is -0.405. The van der Waals surface area contributed by atoms with Crippen LogP contribution in [0.25, 0.3) is 10.9 Å². The number of pyridine rings is 1. The van der Waals surface area contributed by atoms with Gasteiger partial charge in [0.15, 0.2) is 5.52 Å². The van der Waals surface area contributed by atoms with Gasteiger partial charge >= 0.3 is 0 Å². The minimum Gasteiger partial charge on any atom is -0.371 e. The molecule has 23 heavy (non-hydrogen) atoms. The van der Waals surface area contributed by atoms with E-state index >= 15 is 0 Å². The molecular formula is C16H18N4O3. The third-order valence-corrected chi connectivity index (χ3v) is 4.36. The average Bonchev–Trinajstić information content (AvgIpc) is 2.53. The van der Waals surface area contributed by atoms with E-state index < -0.39 is 4.92 Å². The van der Waals surface area contributed by atoms with Crippen molar-refractivity contribution in [3.8, 4) is 0 Å². The smallest absolute Gasteiger partial charge is 0.295 e. The number of para-hydroxylation sites is 1. The highest BCUT2D eigenvalue weighted by Gasteiger charge is 2.25. The van der Waals surface area contributed by atoms with E-state index in [-0.39, 0.29) is 17.5 Å². The molecule has 2 aromatic rings. The summed E-state index contributed by atoms with van der Waals surface area (Å²) in [4.78, 5) is 28.6. The third-order valence-electron chi connectivity index (χ3n) is 4.36. The van der Waals surface area contributed by atoms with E-state index in [0.29, 0.717) is 31.4 Å². The lowest BCUT2D eigenvalue weighted by Crippen LogP contribution is -2.38. The number of amides is 1. The van der Waals surface area contributed by atoms with Gasteiger partial charge < -0.3 is 10.6 Å². The summed E-state index contributed by atoms with van der Waals surface area (Å²) in [6, 6.07) is 6.94. The van der Waals surface area contributed by atoms with E-state index in [9.17, 15) is 14.9 Å². The monoisotopic (exact) mass is 314 g/mol. The largest absolute Gasteiger partial charge is 0.371 e. The standard InChI is InChI=1S/C16H18N4O3/c1-10-9-14(19-7-5-11(6-8-19)16(17)21)12-3-2-4-13(20(22)23)15(12)18-10/h2-4,9,11H,5-8H2,1H3,(H2,17,21). The number of carbonyl (C=O) groups excluding carboxylic acids is 1. The summed E-state index contributed by atoms with van der Waals surface area (Å²) in [5.74, 6) is -0.342. The summed E-state index contributed by atoms with van der Waals surface area (Å²) in [5.41, 5.74) is 7.46. The molecule has 1 amide bonds. The number of carbonyl (C=O) groups is 1. The second kappa shape index (κ2) is 5.83. The van der Waals surface area contributed by atoms with Crippen LogP contribution in [0.15, 0.2) is 24.3 Å². The van der Waals surface area contributed by atoms with Crippen LogP contribution in [-0.2, 0) is 4.79 Å². The fraction of sp³-hybridized carbons (Fsp3) is 0.375. The van der Waals surface area contributed by atoms with E-state index in [0.717, 1.165) is 16.8 Å². The number of nitrogens with zero attached hydrogens (tertiary/aromatic N) is 3. The van der Waals surface area contributed by atoms with E-state index in [1.807, 2.05) is 19.1 Å². The van der Waals surface area contributed by atoms with E-state index in [4.69, 9.17) is 5.73 Å². The van der Waals surface area contributed by atoms with Crippen molar-refractivity contribution in [1.82, 2.24) is 4.98 Å². The molecule has 0 radical (unpaired) electrons. The number of nitrogens with two attached hydrogens (primary N) is 1. The average molecular weight is 314 g/mol. The molecule has 0 unspecified atom stereocenters. The third kappa shape index (κ3) is 2.81. The number of nitro benzene ring substituents is 1. The van der Waals surface area contributed by atoms with Gasteiger partial charge in [0.05, 0.1) is 4.92 Å². The van der Waals surface area contributed by atoms with Crippen LogP contribution >= 0.6 is 0 Å². The Morgan fingerprint density at radius 1 is 1.39 bits per heavy atom. The predicted octanol–water partition coefficient (Wildman–Crippen LogP) is 2.15. The summed E-state index contributed by atoms with van der Waals surface area (Å²) in [5, 5.41) is 12.0. The molecule has 0 bridgehead atoms. The number of benzene rings is 1. The van der Waals surface area contributed by atoms with Crippen LogP contribution in [0.1, 0.15) is 18.5 Å². The highest BCUT2D eigenvalue weighted by Crippen LogP contribution is 2.34. The molecule has 1 saturated heterocycles. The van der Waals surface area contributed by atoms with Gasteiger partial charge in [-0.25, -0.2) is 4.98 Å². The number of nitro groups is 1. The highest BCUT2D eigenvalue weighted by molar-refractivity contribution is 5.97. The summed E-state index contributed by atoms with van der Waals surface area (Å²) in [7, 11) is 0. The number of hydrogen-bond acceptors (Lipinski definition) is 5. The molecule has 0 saturated carbocycles. The molecule has 1 aromatic heterocycles. The number of piperidine rings is 1. The predicted molar refractivity (Wildman–Crippen MR) is 87.3 cm³/mol. The second-order valence-electron chi connectivity index (χ2n) is 5.88. The molecular weight excluding hydrogens is 296 g/mol. The Morgan fingerprint density at radius 2 is 2.09 bits per heavy atom. The van der Waals surface area contributed by atoms with Crippen LogP contribution < -0.4 is 10.6 Å². The Labute approximate surface area is 133 Å². The van der Waals surface area contributed by atoms with E-state index in [2.05, 4.69) is 9.88 Å². The molecule has 0 aliphatic carbocycles. The lowest BCUT2D eigenvalue weighted by atomic mass is 9.95. The molecule has 1 aliphatic heterocycles. The number of primary amides is 1. The quantitative estimate of drug-likeness (QED) is 0.690. The van der Waals surface area contributed by atoms with Crippen molar-refractivity contribution in [2.45, 2.75) is 19.8 Å². The number of fused-ring (bicyclic) bond motifs is 1. The van der Waals surface area contributed by atoms with Crippen LogP contribution in [0.3, 0.4) is 0 Å². The first-order valence-corrected chi connectivity index (χ1v) is 7.56. The van der Waals surface area contributed by atoms with E-state index in [1.54, 1.807) is 6.07 Å². The molecule has 0 atom stereocenters. The maximum absolute atomic E-state index is 11.3. The SMILES string of the molecule is Cc1cc(N2CCC(C(N)=O)CC2)c2cccc([N+](=O)[O-])c2n1. The second-order valence-corrected chi connectivity index (χ2v) is 5.88. The number of rotatable bonds is 3. The molecule has 7 nitrogen and oxygen atoms in total. The zero-order valence-electron chi connectivity index (χ0n) is 12.9. The molecule has 3 rings (SSSR count). The number of aryl methyl sites for hydroxylation is 1. The maximum atomic E-state index is 11.3. The summed E-state index contributed by atoms with van der Waals surface area (Å²) < 4.78 is 0. The fourth-order valence-electron chi connectivity index (χ4n) is 3.15. The van der Waals surface area contributed by atoms with Crippen molar-refractivity contribution in [3.63, 3.8) is 0 Å². The van der Waals surface area contributed by atoms with Crippen molar-refractivity contribution in [1.29, 1.82) is 0 Å². The highest BCUT2D eigenvalue weighted by atomic mass is 16.6. The Bertz CT molecular complexity index is 782. The first kappa shape index (κ1) is 15.2. The molecule has 1 aliphatic rings. The zero-order valence-corrected chi connectivity index (χ0v) is 12.9. The van der Waals surface area contributed by atoms with Gasteiger partial charge in [-0.15, -0.1) is 0 Å². The van der Waals surface area contributed by atoms with Gasteiger partial charge in [0.25, 0.3) is 5.69 Å². The van der Waals surface area contributed by atoms with Crippen LogP contribution in [-0.4, -0.2) is 28.9 Å². The lowest BCUT2D eigenvalue weighted by molar-refractivity contribution is -0.383.